The van der Waals surface area contributed by atoms with Crippen molar-refractivity contribution in [3.8, 4) is 0 Å². The largest absolute Gasteiger partial charge is 2.00 e. The first-order valence-electron chi connectivity index (χ1n) is 11.8. The Morgan fingerprint density at radius 3 is 0.788 bits per heavy atom. The maximum absolute atomic E-state index is 2.32. The normalized spacial score (nSPS) is 9.76. The molecule has 4 aromatic carbocycles. The van der Waals surface area contributed by atoms with E-state index in [2.05, 4.69) is 135 Å². The molecule has 0 aliphatic carbocycles. The van der Waals surface area contributed by atoms with E-state index in [1.807, 2.05) is 0 Å². The van der Waals surface area contributed by atoms with Gasteiger partial charge in [0.2, 0.25) is 0 Å². The average Bonchev–Trinajstić information content (AvgIpc) is 2.88. The molecule has 168 valence electrons. The van der Waals surface area contributed by atoms with Crippen LogP contribution in [0.4, 0.5) is 0 Å². The van der Waals surface area contributed by atoms with Crippen molar-refractivity contribution >= 4 is 67.3 Å². The first kappa shape index (κ1) is 28.1. The molecule has 33 heavy (non-hydrogen) atoms. The van der Waals surface area contributed by atoms with Gasteiger partial charge in [-0.3, -0.25) is 0 Å². The van der Waals surface area contributed by atoms with E-state index in [4.69, 9.17) is 0 Å². The van der Waals surface area contributed by atoms with Crippen LogP contribution in [-0.4, -0.2) is 39.5 Å². The van der Waals surface area contributed by atoms with E-state index in [-0.39, 0.29) is 13.5 Å². The van der Waals surface area contributed by atoms with E-state index in [9.17, 15) is 0 Å². The van der Waals surface area contributed by atoms with Gasteiger partial charge in [0.1, 0.15) is 0 Å². The molecule has 0 saturated carbocycles. The minimum atomic E-state index is -1.57. The van der Waals surface area contributed by atoms with Crippen LogP contribution in [0.5, 0.6) is 0 Å². The average molecular weight is 664 g/mol. The van der Waals surface area contributed by atoms with Crippen LogP contribution in [0.3, 0.4) is 0 Å². The van der Waals surface area contributed by atoms with Gasteiger partial charge >= 0.3 is 211 Å². The van der Waals surface area contributed by atoms with E-state index in [1.54, 1.807) is 14.3 Å². The summed E-state index contributed by atoms with van der Waals surface area (Å²) in [6.07, 6.45) is 2.61. The Kier molecular flexibility index (Phi) is 14.0. The molecule has 0 N–H and O–H groups in total. The third-order valence-electron chi connectivity index (χ3n) is 5.49. The molecule has 4 rings (SSSR count). The fraction of sp³-hybridized carbons (Fsp3) is 0.200. The molecule has 0 aliphatic heterocycles. The van der Waals surface area contributed by atoms with Gasteiger partial charge in [0.05, 0.1) is 0 Å². The van der Waals surface area contributed by atoms with Crippen molar-refractivity contribution in [1.82, 2.24) is 0 Å². The van der Waals surface area contributed by atoms with Crippen molar-refractivity contribution in [1.29, 1.82) is 0 Å². The van der Waals surface area contributed by atoms with Crippen molar-refractivity contribution in [3.63, 3.8) is 0 Å². The van der Waals surface area contributed by atoms with Crippen molar-refractivity contribution in [2.75, 3.05) is 0 Å². The SMILES string of the molecule is CC[CH2][Sn+]([c]1ccccc1)[c]1ccccc1.CC[CH2][Sn+]([c]1ccccc1)[c]1ccccc1.[S-2]. The Hall–Kier alpha value is -1.17. The summed E-state index contributed by atoms with van der Waals surface area (Å²) >= 11 is -3.15. The standard InChI is InChI=1S/4C6H5.2C3H7.S.2Sn/c4*1-2-4-6-5-3-1;2*1-3-2;;;/h4*1-5H;2*1,3H2,2H3;;;/q;;;;;;-2;2*+1. The summed E-state index contributed by atoms with van der Waals surface area (Å²) in [5.74, 6) is 0. The Morgan fingerprint density at radius 1 is 0.394 bits per heavy atom. The molecule has 0 heterocycles. The van der Waals surface area contributed by atoms with Gasteiger partial charge in [0.25, 0.3) is 0 Å². The Morgan fingerprint density at radius 2 is 0.606 bits per heavy atom. The van der Waals surface area contributed by atoms with Crippen LogP contribution in [0.2, 0.25) is 8.87 Å². The summed E-state index contributed by atoms with van der Waals surface area (Å²) in [5.41, 5.74) is 0. The third-order valence-corrected chi connectivity index (χ3v) is 23.0. The fourth-order valence-electron chi connectivity index (χ4n) is 3.97. The molecule has 3 heteroatoms. The quantitative estimate of drug-likeness (QED) is 0.222. The molecule has 0 amide bonds. The third kappa shape index (κ3) is 9.18. The van der Waals surface area contributed by atoms with Gasteiger partial charge in [0.15, 0.2) is 0 Å². The smallest absolute Gasteiger partial charge is 2.00 e. The maximum atomic E-state index is 2.32. The molecule has 0 radical (unpaired) electrons. The minimum absolute atomic E-state index is 0. The van der Waals surface area contributed by atoms with E-state index in [1.165, 1.54) is 21.7 Å². The van der Waals surface area contributed by atoms with Gasteiger partial charge in [-0.2, -0.15) is 0 Å². The monoisotopic (exact) mass is 666 g/mol. The summed E-state index contributed by atoms with van der Waals surface area (Å²) < 4.78 is 9.32. The predicted molar refractivity (Wildman–Crippen MR) is 153 cm³/mol. The van der Waals surface area contributed by atoms with E-state index in [0.29, 0.717) is 0 Å². The van der Waals surface area contributed by atoms with E-state index < -0.39 is 39.5 Å². The van der Waals surface area contributed by atoms with Gasteiger partial charge in [0, 0.05) is 0 Å². The summed E-state index contributed by atoms with van der Waals surface area (Å²) in [4.78, 5) is 0. The zero-order chi connectivity index (χ0) is 22.4. The van der Waals surface area contributed by atoms with Crippen LogP contribution in [-0.2, 0) is 13.5 Å². The molecule has 0 bridgehead atoms. The molecule has 0 aromatic heterocycles. The molecular weight excluding hydrogens is 630 g/mol. The van der Waals surface area contributed by atoms with Crippen LogP contribution in [0.25, 0.3) is 0 Å². The van der Waals surface area contributed by atoms with Crippen LogP contribution >= 0.6 is 0 Å². The predicted octanol–water partition coefficient (Wildman–Crippen LogP) is 5.41. The summed E-state index contributed by atoms with van der Waals surface area (Å²) in [5, 5.41) is 0. The first-order valence-corrected chi connectivity index (χ1v) is 21.5. The first-order chi connectivity index (χ1) is 15.8. The molecule has 0 atom stereocenters. The summed E-state index contributed by atoms with van der Waals surface area (Å²) in [7, 11) is 0. The molecule has 0 aliphatic rings. The minimum Gasteiger partial charge on any atom is -2.00 e. The number of rotatable bonds is 8. The summed E-state index contributed by atoms with van der Waals surface area (Å²) in [6, 6.07) is 44.4. The van der Waals surface area contributed by atoms with Crippen LogP contribution < -0.4 is 14.3 Å². The van der Waals surface area contributed by atoms with Crippen molar-refractivity contribution < 1.29 is 0 Å². The number of benzene rings is 4. The van der Waals surface area contributed by atoms with E-state index >= 15 is 0 Å². The Labute approximate surface area is 222 Å². The maximum Gasteiger partial charge on any atom is -2.00 e. The Balaban J connectivity index is 0.000000227. The second-order valence-electron chi connectivity index (χ2n) is 7.92. The van der Waals surface area contributed by atoms with Crippen molar-refractivity contribution in [2.24, 2.45) is 0 Å². The molecular formula is C30H34SSn2. The van der Waals surface area contributed by atoms with Crippen LogP contribution in [0, 0.1) is 0 Å². The van der Waals surface area contributed by atoms with Crippen LogP contribution in [0.15, 0.2) is 121 Å². The number of hydrogen-bond acceptors (Lipinski definition) is 0. The van der Waals surface area contributed by atoms with Gasteiger partial charge in [-0.1, -0.05) is 0 Å². The molecule has 0 unspecified atom stereocenters. The molecule has 4 aromatic rings. The van der Waals surface area contributed by atoms with Gasteiger partial charge in [-0.05, 0) is 0 Å². The van der Waals surface area contributed by atoms with Gasteiger partial charge in [-0.25, -0.2) is 0 Å². The van der Waals surface area contributed by atoms with Gasteiger partial charge in [-0.15, -0.1) is 0 Å². The summed E-state index contributed by atoms with van der Waals surface area (Å²) in [6.45, 7) is 4.60. The fourth-order valence-corrected chi connectivity index (χ4v) is 18.8. The molecule has 0 nitrogen and oxygen atoms in total. The van der Waals surface area contributed by atoms with Crippen LogP contribution in [0.1, 0.15) is 26.7 Å². The Bertz CT molecular complexity index is 828. The second-order valence-corrected chi connectivity index (χ2v) is 22.8. The zero-order valence-electron chi connectivity index (χ0n) is 19.8. The second kappa shape index (κ2) is 16.5. The zero-order valence-corrected chi connectivity index (χ0v) is 26.3. The topological polar surface area (TPSA) is 0 Å². The molecule has 0 fully saturated rings. The molecule has 0 saturated heterocycles. The van der Waals surface area contributed by atoms with Gasteiger partial charge < -0.3 is 13.5 Å². The van der Waals surface area contributed by atoms with Crippen molar-refractivity contribution in [2.45, 2.75) is 35.6 Å². The molecule has 0 spiro atoms. The van der Waals surface area contributed by atoms with Crippen molar-refractivity contribution in [3.05, 3.63) is 121 Å². The number of hydrogen-bond donors (Lipinski definition) is 0. The van der Waals surface area contributed by atoms with E-state index in [0.717, 1.165) is 0 Å².